The van der Waals surface area contributed by atoms with Crippen LogP contribution in [0, 0.1) is 0 Å². The van der Waals surface area contributed by atoms with Crippen LogP contribution in [0.5, 0.6) is 0 Å². The molecule has 2 N–H and O–H groups in total. The first kappa shape index (κ1) is 22.4. The minimum atomic E-state index is -4.25. The van der Waals surface area contributed by atoms with Crippen LogP contribution in [-0.2, 0) is 16.6 Å². The number of alkyl halides is 3. The summed E-state index contributed by atoms with van der Waals surface area (Å²) >= 11 is 0. The molecule has 0 aliphatic carbocycles. The number of aliphatic imine (C=N–C) groups is 1. The van der Waals surface area contributed by atoms with Crippen LogP contribution in [-0.4, -0.2) is 76.6 Å². The number of likely N-dealkylation sites (N-methyl/N-ethyl adjacent to an activating group) is 1. The van der Waals surface area contributed by atoms with Crippen molar-refractivity contribution in [3.8, 4) is 0 Å². The lowest BCUT2D eigenvalue weighted by Gasteiger charge is -2.32. The van der Waals surface area contributed by atoms with Crippen LogP contribution in [0.2, 0.25) is 0 Å². The summed E-state index contributed by atoms with van der Waals surface area (Å²) < 4.78 is 64.3. The van der Waals surface area contributed by atoms with E-state index in [0.717, 1.165) is 0 Å². The summed E-state index contributed by atoms with van der Waals surface area (Å²) in [6.07, 6.45) is -5.24. The van der Waals surface area contributed by atoms with Gasteiger partial charge < -0.3 is 15.5 Å². The van der Waals surface area contributed by atoms with Crippen molar-refractivity contribution in [1.29, 1.82) is 0 Å². The van der Waals surface area contributed by atoms with Gasteiger partial charge in [0.1, 0.15) is 0 Å². The van der Waals surface area contributed by atoms with E-state index in [1.807, 2.05) is 7.05 Å². The Bertz CT molecular complexity index is 775. The molecule has 11 heteroatoms. The van der Waals surface area contributed by atoms with Gasteiger partial charge in [0.25, 0.3) is 0 Å². The van der Waals surface area contributed by atoms with Crippen molar-refractivity contribution in [3.63, 3.8) is 0 Å². The highest BCUT2D eigenvalue weighted by Gasteiger charge is 2.29. The molecule has 2 rings (SSSR count). The molecular weight excluding hydrogens is 395 g/mol. The van der Waals surface area contributed by atoms with Crippen molar-refractivity contribution in [1.82, 2.24) is 19.8 Å². The summed E-state index contributed by atoms with van der Waals surface area (Å²) in [6.45, 7) is 1.96. The molecule has 1 aromatic rings. The highest BCUT2D eigenvalue weighted by Crippen LogP contribution is 2.21. The minimum absolute atomic E-state index is 0.120. The predicted octanol–water partition coefficient (Wildman–Crippen LogP) is 1.24. The van der Waals surface area contributed by atoms with Gasteiger partial charge in [0.05, 0.1) is 11.3 Å². The highest BCUT2D eigenvalue weighted by atomic mass is 32.2. The maximum absolute atomic E-state index is 13.0. The van der Waals surface area contributed by atoms with Crippen molar-refractivity contribution in [3.05, 3.63) is 29.8 Å². The molecule has 0 bridgehead atoms. The third-order valence-electron chi connectivity index (χ3n) is 4.42. The van der Waals surface area contributed by atoms with Crippen molar-refractivity contribution >= 4 is 16.0 Å². The van der Waals surface area contributed by atoms with Crippen LogP contribution >= 0.6 is 0 Å². The molecule has 0 amide bonds. The molecule has 158 valence electrons. The van der Waals surface area contributed by atoms with Crippen LogP contribution < -0.4 is 10.6 Å². The van der Waals surface area contributed by atoms with Gasteiger partial charge >= 0.3 is 6.18 Å². The van der Waals surface area contributed by atoms with Crippen LogP contribution in [0.15, 0.2) is 34.2 Å². The van der Waals surface area contributed by atoms with Crippen molar-refractivity contribution in [2.45, 2.75) is 24.0 Å². The molecule has 0 unspecified atom stereocenters. The van der Waals surface area contributed by atoms with Gasteiger partial charge in [-0.25, -0.2) is 8.42 Å². The first-order valence-electron chi connectivity index (χ1n) is 8.91. The number of nitrogens with one attached hydrogen (secondary N) is 2. The van der Waals surface area contributed by atoms with E-state index in [0.29, 0.717) is 31.7 Å². The van der Waals surface area contributed by atoms with Gasteiger partial charge in [-0.3, -0.25) is 4.99 Å². The first-order valence-corrected chi connectivity index (χ1v) is 10.4. The van der Waals surface area contributed by atoms with Crippen LogP contribution in [0.4, 0.5) is 13.2 Å². The molecular formula is C17H26F3N5O2S. The summed E-state index contributed by atoms with van der Waals surface area (Å²) in [5.41, 5.74) is 0.528. The van der Waals surface area contributed by atoms with E-state index >= 15 is 0 Å². The molecule has 1 fully saturated rings. The van der Waals surface area contributed by atoms with Gasteiger partial charge in [0.2, 0.25) is 10.0 Å². The zero-order valence-corrected chi connectivity index (χ0v) is 16.8. The summed E-state index contributed by atoms with van der Waals surface area (Å²) in [7, 11) is -0.265. The zero-order valence-electron chi connectivity index (χ0n) is 16.0. The number of halogens is 3. The zero-order chi connectivity index (χ0) is 20.8. The molecule has 0 spiro atoms. The Labute approximate surface area is 163 Å². The van der Waals surface area contributed by atoms with E-state index in [1.165, 1.54) is 11.4 Å². The fourth-order valence-corrected chi connectivity index (χ4v) is 4.44. The molecule has 28 heavy (non-hydrogen) atoms. The third-order valence-corrected chi connectivity index (χ3v) is 6.42. The second kappa shape index (κ2) is 9.57. The lowest BCUT2D eigenvalue weighted by atomic mass is 10.2. The van der Waals surface area contributed by atoms with Gasteiger partial charge in [0.15, 0.2) is 5.96 Å². The normalized spacial score (nSPS) is 17.5. The largest absolute Gasteiger partial charge is 0.390 e. The monoisotopic (exact) mass is 421 g/mol. The summed E-state index contributed by atoms with van der Waals surface area (Å²) in [6, 6.07) is 6.60. The second-order valence-corrected chi connectivity index (χ2v) is 8.44. The van der Waals surface area contributed by atoms with E-state index in [-0.39, 0.29) is 23.9 Å². The Morgan fingerprint density at radius 2 is 1.79 bits per heavy atom. The number of hydrogen-bond donors (Lipinski definition) is 2. The number of guanidine groups is 1. The summed E-state index contributed by atoms with van der Waals surface area (Å²) in [5.74, 6) is 0.177. The highest BCUT2D eigenvalue weighted by molar-refractivity contribution is 7.89. The Hall–Kier alpha value is -1.85. The van der Waals surface area contributed by atoms with Gasteiger partial charge in [-0.15, -0.1) is 0 Å². The fraction of sp³-hybridized carbons (Fsp3) is 0.588. The van der Waals surface area contributed by atoms with E-state index in [9.17, 15) is 21.6 Å². The Kier molecular flexibility index (Phi) is 7.67. The summed E-state index contributed by atoms with van der Waals surface area (Å²) in [4.78, 5) is 6.13. The van der Waals surface area contributed by atoms with E-state index < -0.39 is 22.6 Å². The third kappa shape index (κ3) is 6.35. The SMILES string of the molecule is CN=C(NCCC(F)(F)F)NCc1ccccc1S(=O)(=O)N1CCN(C)CC1. The number of sulfonamides is 1. The standard InChI is InChI=1S/C17H26F3N5O2S/c1-21-16(22-8-7-17(18,19)20)23-13-14-5-3-4-6-15(14)28(26,27)25-11-9-24(2)10-12-25/h3-6H,7-13H2,1-2H3,(H2,21,22,23). The molecule has 1 aromatic carbocycles. The Morgan fingerprint density at radius 1 is 1.14 bits per heavy atom. The lowest BCUT2D eigenvalue weighted by molar-refractivity contribution is -0.132. The number of piperazine rings is 1. The molecule has 7 nitrogen and oxygen atoms in total. The molecule has 1 aliphatic rings. The molecule has 1 heterocycles. The minimum Gasteiger partial charge on any atom is -0.356 e. The topological polar surface area (TPSA) is 77.0 Å². The molecule has 0 radical (unpaired) electrons. The van der Waals surface area contributed by atoms with Gasteiger partial charge in [-0.2, -0.15) is 17.5 Å². The fourth-order valence-electron chi connectivity index (χ4n) is 2.79. The quantitative estimate of drug-likeness (QED) is 0.534. The summed E-state index contributed by atoms with van der Waals surface area (Å²) in [5, 5.41) is 5.45. The maximum atomic E-state index is 13.0. The average Bonchev–Trinajstić information content (AvgIpc) is 2.64. The van der Waals surface area contributed by atoms with Gasteiger partial charge in [0, 0.05) is 46.3 Å². The number of hydrogen-bond acceptors (Lipinski definition) is 4. The number of nitrogens with zero attached hydrogens (tertiary/aromatic N) is 3. The van der Waals surface area contributed by atoms with Gasteiger partial charge in [-0.1, -0.05) is 18.2 Å². The molecule has 1 saturated heterocycles. The van der Waals surface area contributed by atoms with E-state index in [1.54, 1.807) is 24.3 Å². The van der Waals surface area contributed by atoms with E-state index in [4.69, 9.17) is 0 Å². The predicted molar refractivity (Wildman–Crippen MR) is 102 cm³/mol. The van der Waals surface area contributed by atoms with Crippen LogP contribution in [0.1, 0.15) is 12.0 Å². The molecule has 0 atom stereocenters. The van der Waals surface area contributed by atoms with Crippen molar-refractivity contribution in [2.24, 2.45) is 4.99 Å². The Morgan fingerprint density at radius 3 is 2.39 bits per heavy atom. The molecule has 1 aliphatic heterocycles. The van der Waals surface area contributed by atoms with Crippen LogP contribution in [0.3, 0.4) is 0 Å². The van der Waals surface area contributed by atoms with Crippen molar-refractivity contribution in [2.75, 3.05) is 46.8 Å². The smallest absolute Gasteiger partial charge is 0.356 e. The number of benzene rings is 1. The first-order chi connectivity index (χ1) is 13.1. The van der Waals surface area contributed by atoms with Gasteiger partial charge in [-0.05, 0) is 18.7 Å². The molecule has 0 aromatic heterocycles. The average molecular weight is 421 g/mol. The van der Waals surface area contributed by atoms with Crippen LogP contribution in [0.25, 0.3) is 0 Å². The van der Waals surface area contributed by atoms with Crippen molar-refractivity contribution < 1.29 is 21.6 Å². The Balaban J connectivity index is 2.05. The maximum Gasteiger partial charge on any atom is 0.390 e. The second-order valence-electron chi connectivity index (χ2n) is 6.53. The number of rotatable bonds is 6. The lowest BCUT2D eigenvalue weighted by Crippen LogP contribution is -2.47. The molecule has 0 saturated carbocycles. The van der Waals surface area contributed by atoms with E-state index in [2.05, 4.69) is 20.5 Å².